The lowest BCUT2D eigenvalue weighted by molar-refractivity contribution is -0.384. The van der Waals surface area contributed by atoms with Crippen LogP contribution in [0.5, 0.6) is 0 Å². The maximum absolute atomic E-state index is 12.8. The maximum Gasteiger partial charge on any atom is 0.312 e. The van der Waals surface area contributed by atoms with Gasteiger partial charge in [-0.2, -0.15) is 0 Å². The van der Waals surface area contributed by atoms with E-state index in [1.165, 1.54) is 12.1 Å². The highest BCUT2D eigenvalue weighted by molar-refractivity contribution is 6.34. The number of nitrogens with one attached hydrogen (secondary N) is 1. The molecule has 7 nitrogen and oxygen atoms in total. The summed E-state index contributed by atoms with van der Waals surface area (Å²) in [6.07, 6.45) is 5.23. The van der Waals surface area contributed by atoms with Crippen molar-refractivity contribution in [3.63, 3.8) is 0 Å². The first-order valence-corrected chi connectivity index (χ1v) is 10.0. The second-order valence-electron chi connectivity index (χ2n) is 8.44. The van der Waals surface area contributed by atoms with E-state index in [2.05, 4.69) is 5.32 Å². The van der Waals surface area contributed by atoms with Crippen LogP contribution >= 0.6 is 23.2 Å². The lowest BCUT2D eigenvalue weighted by Gasteiger charge is -2.58. The molecule has 4 aliphatic carbocycles. The van der Waals surface area contributed by atoms with Gasteiger partial charge in [-0.25, -0.2) is 0 Å². The number of hydrogen-bond acceptors (Lipinski definition) is 5. The molecule has 0 spiro atoms. The fraction of sp³-hybridized carbons (Fsp3) is 0.579. The molecule has 5 rings (SSSR count). The molecular formula is C19H20Cl2N2O5. The van der Waals surface area contributed by atoms with Crippen LogP contribution in [0.4, 0.5) is 11.4 Å². The summed E-state index contributed by atoms with van der Waals surface area (Å²) in [5.41, 5.74) is -0.522. The summed E-state index contributed by atoms with van der Waals surface area (Å²) in [6.45, 7) is -0.432. The van der Waals surface area contributed by atoms with E-state index in [1.54, 1.807) is 0 Å². The molecule has 4 bridgehead atoms. The largest absolute Gasteiger partial charge is 0.455 e. The molecule has 1 aromatic rings. The van der Waals surface area contributed by atoms with Crippen LogP contribution in [0.15, 0.2) is 18.2 Å². The standard InChI is InChI=1S/C19H20Cl2N2O5/c20-14-4-13(23(26)27)1-2-15(14)22-16(24)9-28-17(25)18-5-11-3-12(6-18)8-19(21,7-11)10-18/h1-2,4,11-12H,3,5-10H2,(H,22,24). The van der Waals surface area contributed by atoms with E-state index in [9.17, 15) is 19.7 Å². The van der Waals surface area contributed by atoms with Gasteiger partial charge in [0.1, 0.15) is 0 Å². The molecule has 0 aromatic heterocycles. The Hall–Kier alpha value is -1.86. The Labute approximate surface area is 171 Å². The van der Waals surface area contributed by atoms with Crippen LogP contribution in [0, 0.1) is 27.4 Å². The summed E-state index contributed by atoms with van der Waals surface area (Å²) in [4.78, 5) is 34.9. The van der Waals surface area contributed by atoms with Crippen LogP contribution in [0.25, 0.3) is 0 Å². The van der Waals surface area contributed by atoms with Gasteiger partial charge in [0.2, 0.25) is 0 Å². The SMILES string of the molecule is O=C(COC(=O)C12CC3CC(CC(Cl)(C3)C1)C2)Nc1ccc([N+](=O)[O-])cc1Cl. The molecule has 4 saturated carbocycles. The number of non-ortho nitro benzene ring substituents is 1. The number of benzene rings is 1. The van der Waals surface area contributed by atoms with Gasteiger partial charge in [-0.3, -0.25) is 19.7 Å². The van der Waals surface area contributed by atoms with Gasteiger partial charge in [0.15, 0.2) is 6.61 Å². The van der Waals surface area contributed by atoms with Gasteiger partial charge < -0.3 is 10.1 Å². The molecule has 150 valence electrons. The van der Waals surface area contributed by atoms with E-state index >= 15 is 0 Å². The maximum atomic E-state index is 12.8. The highest BCUT2D eigenvalue weighted by Gasteiger charge is 2.60. The number of esters is 1. The smallest absolute Gasteiger partial charge is 0.312 e. The Bertz CT molecular complexity index is 845. The molecule has 4 fully saturated rings. The summed E-state index contributed by atoms with van der Waals surface area (Å²) in [7, 11) is 0. The van der Waals surface area contributed by atoms with Crippen LogP contribution in [0.3, 0.4) is 0 Å². The first-order valence-electron chi connectivity index (χ1n) is 9.28. The van der Waals surface area contributed by atoms with E-state index in [0.29, 0.717) is 18.3 Å². The lowest BCUT2D eigenvalue weighted by Crippen LogP contribution is -2.56. The van der Waals surface area contributed by atoms with E-state index in [1.807, 2.05) is 0 Å². The third-order valence-electron chi connectivity index (χ3n) is 6.19. The zero-order valence-corrected chi connectivity index (χ0v) is 16.6. The van der Waals surface area contributed by atoms with Crippen LogP contribution in [0.1, 0.15) is 38.5 Å². The number of halogens is 2. The first kappa shape index (κ1) is 19.5. The molecule has 9 heteroatoms. The number of carbonyl (C=O) groups is 2. The highest BCUT2D eigenvalue weighted by atomic mass is 35.5. The molecule has 2 unspecified atom stereocenters. The number of nitro benzene ring substituents is 1. The molecule has 2 atom stereocenters. The Balaban J connectivity index is 1.36. The van der Waals surface area contributed by atoms with Gasteiger partial charge in [0, 0.05) is 17.0 Å². The van der Waals surface area contributed by atoms with Gasteiger partial charge in [-0.05, 0) is 56.4 Å². The second-order valence-corrected chi connectivity index (χ2v) is 9.65. The fourth-order valence-corrected chi connectivity index (χ4v) is 6.49. The number of nitro groups is 1. The Morgan fingerprint density at radius 1 is 1.25 bits per heavy atom. The summed E-state index contributed by atoms with van der Waals surface area (Å²) in [5, 5.41) is 13.3. The van der Waals surface area contributed by atoms with Gasteiger partial charge in [-0.1, -0.05) is 11.6 Å². The zero-order valence-electron chi connectivity index (χ0n) is 15.1. The van der Waals surface area contributed by atoms with Crippen molar-refractivity contribution in [3.05, 3.63) is 33.3 Å². The molecule has 0 radical (unpaired) electrons. The van der Waals surface area contributed by atoms with Crippen LogP contribution in [0.2, 0.25) is 5.02 Å². The van der Waals surface area contributed by atoms with Crippen molar-refractivity contribution < 1.29 is 19.2 Å². The number of rotatable bonds is 5. The van der Waals surface area contributed by atoms with Gasteiger partial charge in [0.25, 0.3) is 11.6 Å². The zero-order chi connectivity index (χ0) is 20.1. The van der Waals surface area contributed by atoms with Crippen LogP contribution < -0.4 is 5.32 Å². The second kappa shape index (κ2) is 6.88. The molecule has 1 aromatic carbocycles. The van der Waals surface area contributed by atoms with E-state index in [0.717, 1.165) is 38.2 Å². The van der Waals surface area contributed by atoms with Crippen molar-refractivity contribution in [1.82, 2.24) is 0 Å². The fourth-order valence-electron chi connectivity index (χ4n) is 5.58. The first-order chi connectivity index (χ1) is 13.2. The Kier molecular flexibility index (Phi) is 4.78. The van der Waals surface area contributed by atoms with Crippen LogP contribution in [-0.4, -0.2) is 28.3 Å². The number of carbonyl (C=O) groups excluding carboxylic acids is 2. The average molecular weight is 427 g/mol. The summed E-state index contributed by atoms with van der Waals surface area (Å²) in [5.74, 6) is 0.0177. The van der Waals surface area contributed by atoms with E-state index in [-0.39, 0.29) is 27.2 Å². The minimum atomic E-state index is -0.575. The van der Waals surface area contributed by atoms with Crippen molar-refractivity contribution in [1.29, 1.82) is 0 Å². The Morgan fingerprint density at radius 2 is 1.93 bits per heavy atom. The third kappa shape index (κ3) is 3.57. The lowest BCUT2D eigenvalue weighted by atomic mass is 9.49. The topological polar surface area (TPSA) is 98.5 Å². The van der Waals surface area contributed by atoms with Crippen molar-refractivity contribution in [2.45, 2.75) is 43.4 Å². The van der Waals surface area contributed by atoms with Crippen molar-refractivity contribution in [2.24, 2.45) is 17.3 Å². The van der Waals surface area contributed by atoms with Gasteiger partial charge in [0.05, 0.1) is 21.0 Å². The molecule has 28 heavy (non-hydrogen) atoms. The summed E-state index contributed by atoms with van der Waals surface area (Å²) >= 11 is 12.7. The number of anilines is 1. The van der Waals surface area contributed by atoms with Gasteiger partial charge >= 0.3 is 5.97 Å². The molecule has 0 heterocycles. The highest BCUT2D eigenvalue weighted by Crippen LogP contribution is 2.64. The monoisotopic (exact) mass is 426 g/mol. The van der Waals surface area contributed by atoms with Crippen molar-refractivity contribution in [2.75, 3.05) is 11.9 Å². The molecule has 1 amide bonds. The minimum Gasteiger partial charge on any atom is -0.455 e. The summed E-state index contributed by atoms with van der Waals surface area (Å²) < 4.78 is 5.35. The van der Waals surface area contributed by atoms with Crippen molar-refractivity contribution in [3.8, 4) is 0 Å². The number of amides is 1. The molecular weight excluding hydrogens is 407 g/mol. The van der Waals surface area contributed by atoms with Gasteiger partial charge in [-0.15, -0.1) is 11.6 Å². The van der Waals surface area contributed by atoms with E-state index < -0.39 is 22.9 Å². The molecule has 4 aliphatic rings. The number of ether oxygens (including phenoxy) is 1. The predicted octanol–water partition coefficient (Wildman–Crippen LogP) is 4.31. The summed E-state index contributed by atoms with van der Waals surface area (Å²) in [6, 6.07) is 3.73. The van der Waals surface area contributed by atoms with E-state index in [4.69, 9.17) is 27.9 Å². The number of nitrogens with zero attached hydrogens (tertiary/aromatic N) is 1. The molecule has 0 aliphatic heterocycles. The third-order valence-corrected chi connectivity index (χ3v) is 6.95. The minimum absolute atomic E-state index is 0.0408. The van der Waals surface area contributed by atoms with Crippen molar-refractivity contribution >= 4 is 46.5 Å². The average Bonchev–Trinajstić information content (AvgIpc) is 2.59. The normalized spacial score (nSPS) is 32.8. The number of alkyl halides is 1. The molecule has 1 N–H and O–H groups in total. The quantitative estimate of drug-likeness (QED) is 0.327. The molecule has 0 saturated heterocycles. The Morgan fingerprint density at radius 3 is 2.50 bits per heavy atom. The van der Waals surface area contributed by atoms with Crippen LogP contribution in [-0.2, 0) is 14.3 Å². The number of hydrogen-bond donors (Lipinski definition) is 1. The predicted molar refractivity (Wildman–Crippen MR) is 103 cm³/mol.